The van der Waals surface area contributed by atoms with Gasteiger partial charge in [-0.05, 0) is 12.1 Å². The second kappa shape index (κ2) is 7.47. The van der Waals surface area contributed by atoms with Crippen molar-refractivity contribution in [3.63, 3.8) is 0 Å². The highest BCUT2D eigenvalue weighted by atomic mass is 35.5. The summed E-state index contributed by atoms with van der Waals surface area (Å²) < 4.78 is 5.74. The fourth-order valence-corrected chi connectivity index (χ4v) is 2.65. The van der Waals surface area contributed by atoms with Crippen LogP contribution in [0, 0.1) is 5.92 Å². The van der Waals surface area contributed by atoms with Gasteiger partial charge in [0.15, 0.2) is 4.47 Å². The highest BCUT2D eigenvalue weighted by molar-refractivity contribution is 7.15. The van der Waals surface area contributed by atoms with E-state index in [2.05, 4.69) is 15.6 Å². The Balaban J connectivity index is 2.16. The molecule has 22 heavy (non-hydrogen) atoms. The van der Waals surface area contributed by atoms with Crippen LogP contribution in [0.3, 0.4) is 0 Å². The molecule has 118 valence electrons. The largest absolute Gasteiger partial charge is 0.497 e. The summed E-state index contributed by atoms with van der Waals surface area (Å²) in [6.07, 6.45) is 1.73. The number of amides is 1. The highest BCUT2D eigenvalue weighted by Gasteiger charge is 2.11. The maximum absolute atomic E-state index is 11.9. The van der Waals surface area contributed by atoms with Crippen molar-refractivity contribution in [1.29, 1.82) is 0 Å². The molecular weight excluding hydrogens is 322 g/mol. The van der Waals surface area contributed by atoms with Crippen LogP contribution in [-0.2, 0) is 11.3 Å². The van der Waals surface area contributed by atoms with Crippen LogP contribution in [0.4, 0.5) is 11.4 Å². The number of ether oxygens (including phenoxy) is 1. The van der Waals surface area contributed by atoms with Gasteiger partial charge in [-0.3, -0.25) is 4.79 Å². The van der Waals surface area contributed by atoms with Crippen molar-refractivity contribution < 1.29 is 9.53 Å². The summed E-state index contributed by atoms with van der Waals surface area (Å²) >= 11 is 7.24. The monoisotopic (exact) mass is 339 g/mol. The van der Waals surface area contributed by atoms with Gasteiger partial charge >= 0.3 is 0 Å². The molecule has 0 saturated heterocycles. The third kappa shape index (κ3) is 4.35. The van der Waals surface area contributed by atoms with E-state index in [1.54, 1.807) is 13.3 Å². The zero-order valence-corrected chi connectivity index (χ0v) is 14.2. The predicted molar refractivity (Wildman–Crippen MR) is 90.9 cm³/mol. The summed E-state index contributed by atoms with van der Waals surface area (Å²) in [6, 6.07) is 5.48. The summed E-state index contributed by atoms with van der Waals surface area (Å²) in [7, 11) is 1.61. The van der Waals surface area contributed by atoms with E-state index < -0.39 is 0 Å². The molecule has 0 aliphatic heterocycles. The van der Waals surface area contributed by atoms with E-state index in [-0.39, 0.29) is 11.8 Å². The van der Waals surface area contributed by atoms with Gasteiger partial charge in [0.05, 0.1) is 25.0 Å². The standard InChI is InChI=1S/C15H18ClN3O2S/c1-9(2)14(20)19-12-5-4-10(21-3)6-13(12)17-7-11-8-18-15(16)22-11/h4-6,8-9,17H,7H2,1-3H3,(H,19,20). The average molecular weight is 340 g/mol. The Bertz CT molecular complexity index is 658. The smallest absolute Gasteiger partial charge is 0.226 e. The number of nitrogens with one attached hydrogen (secondary N) is 2. The predicted octanol–water partition coefficient (Wildman–Crippen LogP) is 4.01. The molecule has 2 rings (SSSR count). The molecule has 2 N–H and O–H groups in total. The first-order valence-electron chi connectivity index (χ1n) is 6.82. The molecule has 1 amide bonds. The van der Waals surface area contributed by atoms with Crippen molar-refractivity contribution in [2.24, 2.45) is 5.92 Å². The number of carbonyl (C=O) groups excluding carboxylic acids is 1. The van der Waals surface area contributed by atoms with E-state index in [9.17, 15) is 4.79 Å². The van der Waals surface area contributed by atoms with Gasteiger partial charge in [-0.15, -0.1) is 11.3 Å². The Morgan fingerprint density at radius 3 is 2.77 bits per heavy atom. The van der Waals surface area contributed by atoms with Gasteiger partial charge in [0.1, 0.15) is 5.75 Å². The van der Waals surface area contributed by atoms with Gasteiger partial charge in [0, 0.05) is 23.1 Å². The van der Waals surface area contributed by atoms with Gasteiger partial charge in [-0.1, -0.05) is 25.4 Å². The molecule has 0 aliphatic rings. The number of benzene rings is 1. The first kappa shape index (κ1) is 16.6. The van der Waals surface area contributed by atoms with E-state index in [0.717, 1.165) is 16.3 Å². The molecule has 0 bridgehead atoms. The summed E-state index contributed by atoms with van der Waals surface area (Å²) in [5.74, 6) is 0.594. The molecule has 0 radical (unpaired) electrons. The number of hydrogen-bond donors (Lipinski definition) is 2. The lowest BCUT2D eigenvalue weighted by atomic mass is 10.2. The minimum absolute atomic E-state index is 0.0333. The zero-order chi connectivity index (χ0) is 16.1. The Morgan fingerprint density at radius 2 is 2.18 bits per heavy atom. The molecule has 0 saturated carbocycles. The van der Waals surface area contributed by atoms with Crippen LogP contribution < -0.4 is 15.4 Å². The number of halogens is 1. The van der Waals surface area contributed by atoms with Crippen LogP contribution in [0.25, 0.3) is 0 Å². The maximum atomic E-state index is 11.9. The van der Waals surface area contributed by atoms with Gasteiger partial charge < -0.3 is 15.4 Å². The molecule has 0 unspecified atom stereocenters. The summed E-state index contributed by atoms with van der Waals surface area (Å²) in [4.78, 5) is 16.9. The second-order valence-corrected chi connectivity index (χ2v) is 6.69. The fourth-order valence-electron chi connectivity index (χ4n) is 1.73. The number of thiazole rings is 1. The first-order valence-corrected chi connectivity index (χ1v) is 8.02. The third-order valence-electron chi connectivity index (χ3n) is 2.99. The number of rotatable bonds is 6. The van der Waals surface area contributed by atoms with Crippen molar-refractivity contribution >= 4 is 40.2 Å². The Labute approximate surface area is 138 Å². The van der Waals surface area contributed by atoms with Gasteiger partial charge in [0.25, 0.3) is 0 Å². The molecular formula is C15H18ClN3O2S. The Kier molecular flexibility index (Phi) is 5.63. The Morgan fingerprint density at radius 1 is 1.41 bits per heavy atom. The van der Waals surface area contributed by atoms with Crippen molar-refractivity contribution in [2.45, 2.75) is 20.4 Å². The number of methoxy groups -OCH3 is 1. The van der Waals surface area contributed by atoms with Crippen LogP contribution >= 0.6 is 22.9 Å². The van der Waals surface area contributed by atoms with Crippen LogP contribution in [-0.4, -0.2) is 18.0 Å². The number of hydrogen-bond acceptors (Lipinski definition) is 5. The minimum Gasteiger partial charge on any atom is -0.497 e. The summed E-state index contributed by atoms with van der Waals surface area (Å²) in [5.41, 5.74) is 1.51. The molecule has 1 aromatic carbocycles. The molecule has 0 fully saturated rings. The minimum atomic E-state index is -0.0877. The molecule has 7 heteroatoms. The van der Waals surface area contributed by atoms with Crippen molar-refractivity contribution in [3.05, 3.63) is 33.7 Å². The third-order valence-corrected chi connectivity index (χ3v) is 4.10. The van der Waals surface area contributed by atoms with Gasteiger partial charge in [-0.25, -0.2) is 4.98 Å². The van der Waals surface area contributed by atoms with E-state index in [1.807, 2.05) is 32.0 Å². The fraction of sp³-hybridized carbons (Fsp3) is 0.333. The molecule has 2 aromatic rings. The van der Waals surface area contributed by atoms with E-state index in [1.165, 1.54) is 11.3 Å². The normalized spacial score (nSPS) is 10.6. The molecule has 0 atom stereocenters. The van der Waals surface area contributed by atoms with Gasteiger partial charge in [-0.2, -0.15) is 0 Å². The van der Waals surface area contributed by atoms with Crippen LogP contribution in [0.1, 0.15) is 18.7 Å². The van der Waals surface area contributed by atoms with Crippen molar-refractivity contribution in [3.8, 4) is 5.75 Å². The molecule has 0 aliphatic carbocycles. The number of aromatic nitrogens is 1. The molecule has 1 aromatic heterocycles. The number of carbonyl (C=O) groups is 1. The zero-order valence-electron chi connectivity index (χ0n) is 12.6. The van der Waals surface area contributed by atoms with Crippen molar-refractivity contribution in [2.75, 3.05) is 17.7 Å². The average Bonchev–Trinajstić information content (AvgIpc) is 2.91. The second-order valence-electron chi connectivity index (χ2n) is 4.99. The summed E-state index contributed by atoms with van der Waals surface area (Å²) in [6.45, 7) is 4.28. The molecule has 0 spiro atoms. The summed E-state index contributed by atoms with van der Waals surface area (Å²) in [5, 5.41) is 6.19. The maximum Gasteiger partial charge on any atom is 0.226 e. The lowest BCUT2D eigenvalue weighted by Gasteiger charge is -2.15. The lowest BCUT2D eigenvalue weighted by Crippen LogP contribution is -2.18. The van der Waals surface area contributed by atoms with E-state index in [0.29, 0.717) is 16.8 Å². The Hall–Kier alpha value is -1.79. The van der Waals surface area contributed by atoms with Crippen LogP contribution in [0.5, 0.6) is 5.75 Å². The quantitative estimate of drug-likeness (QED) is 0.834. The van der Waals surface area contributed by atoms with Gasteiger partial charge in [0.2, 0.25) is 5.91 Å². The molecule has 5 nitrogen and oxygen atoms in total. The van der Waals surface area contributed by atoms with Crippen LogP contribution in [0.2, 0.25) is 4.47 Å². The lowest BCUT2D eigenvalue weighted by molar-refractivity contribution is -0.118. The topological polar surface area (TPSA) is 63.2 Å². The van der Waals surface area contributed by atoms with E-state index >= 15 is 0 Å². The van der Waals surface area contributed by atoms with Crippen LogP contribution in [0.15, 0.2) is 24.4 Å². The SMILES string of the molecule is COc1ccc(NC(=O)C(C)C)c(NCc2cnc(Cl)s2)c1. The van der Waals surface area contributed by atoms with Crippen molar-refractivity contribution in [1.82, 2.24) is 4.98 Å². The van der Waals surface area contributed by atoms with E-state index in [4.69, 9.17) is 16.3 Å². The first-order chi connectivity index (χ1) is 10.5. The highest BCUT2D eigenvalue weighted by Crippen LogP contribution is 2.28. The number of nitrogens with zero attached hydrogens (tertiary/aromatic N) is 1. The number of anilines is 2. The molecule has 1 heterocycles.